The molecule has 2 aromatic rings. The van der Waals surface area contributed by atoms with Crippen LogP contribution in [0.4, 0.5) is 11.4 Å². The number of nitrogens with zero attached hydrogens (tertiary/aromatic N) is 1. The molecule has 0 fully saturated rings. The first-order valence-electron chi connectivity index (χ1n) is 6.40. The Labute approximate surface area is 114 Å². The van der Waals surface area contributed by atoms with E-state index in [4.69, 9.17) is 10.5 Å². The zero-order chi connectivity index (χ0) is 13.7. The number of hydrogen-bond donors (Lipinski definition) is 1. The molecule has 0 heterocycles. The van der Waals surface area contributed by atoms with Crippen LogP contribution in [0.5, 0.6) is 5.75 Å². The third kappa shape index (κ3) is 3.91. The Morgan fingerprint density at radius 2 is 1.58 bits per heavy atom. The minimum absolute atomic E-state index is 0.672. The van der Waals surface area contributed by atoms with Crippen molar-refractivity contribution in [3.63, 3.8) is 0 Å². The van der Waals surface area contributed by atoms with Gasteiger partial charge in [-0.2, -0.15) is 0 Å². The number of benzene rings is 2. The minimum Gasteiger partial charge on any atom is -0.493 e. The number of ether oxygens (including phenoxy) is 1. The van der Waals surface area contributed by atoms with Crippen molar-refractivity contribution in [1.29, 1.82) is 0 Å². The third-order valence-corrected chi connectivity index (χ3v) is 2.99. The lowest BCUT2D eigenvalue weighted by Gasteiger charge is -2.12. The van der Waals surface area contributed by atoms with E-state index in [2.05, 4.69) is 29.2 Å². The Bertz CT molecular complexity index is 503. The lowest BCUT2D eigenvalue weighted by Crippen LogP contribution is -2.08. The largest absolute Gasteiger partial charge is 0.493 e. The molecule has 0 saturated carbocycles. The Balaban J connectivity index is 1.83. The molecule has 0 aliphatic rings. The first kappa shape index (κ1) is 13.3. The van der Waals surface area contributed by atoms with Crippen molar-refractivity contribution in [3.8, 4) is 5.75 Å². The van der Waals surface area contributed by atoms with Crippen molar-refractivity contribution >= 4 is 11.4 Å². The van der Waals surface area contributed by atoms with E-state index < -0.39 is 0 Å². The molecule has 3 nitrogen and oxygen atoms in total. The lowest BCUT2D eigenvalue weighted by molar-refractivity contribution is 0.322. The molecule has 2 aromatic carbocycles. The van der Waals surface area contributed by atoms with Crippen LogP contribution < -0.4 is 15.4 Å². The molecule has 0 atom stereocenters. The van der Waals surface area contributed by atoms with Gasteiger partial charge in [0.05, 0.1) is 6.61 Å². The summed E-state index contributed by atoms with van der Waals surface area (Å²) in [5.41, 5.74) is 8.87. The number of nitrogens with two attached hydrogens (primary N) is 1. The van der Waals surface area contributed by atoms with Crippen LogP contribution >= 0.6 is 0 Å². The molecule has 2 rings (SSSR count). The molecule has 0 radical (unpaired) electrons. The average molecular weight is 256 g/mol. The van der Waals surface area contributed by atoms with E-state index in [1.165, 1.54) is 11.3 Å². The Morgan fingerprint density at radius 3 is 2.16 bits per heavy atom. The van der Waals surface area contributed by atoms with E-state index in [-0.39, 0.29) is 0 Å². The van der Waals surface area contributed by atoms with Crippen molar-refractivity contribution in [2.75, 3.05) is 31.3 Å². The maximum Gasteiger partial charge on any atom is 0.119 e. The molecular formula is C16H20N2O. The van der Waals surface area contributed by atoms with E-state index in [9.17, 15) is 0 Å². The van der Waals surface area contributed by atoms with Crippen molar-refractivity contribution < 1.29 is 4.74 Å². The summed E-state index contributed by atoms with van der Waals surface area (Å²) in [7, 11) is 4.08. The third-order valence-electron chi connectivity index (χ3n) is 2.99. The van der Waals surface area contributed by atoms with Gasteiger partial charge in [0.2, 0.25) is 0 Å². The van der Waals surface area contributed by atoms with Crippen LogP contribution in [-0.2, 0) is 6.42 Å². The summed E-state index contributed by atoms with van der Waals surface area (Å²) in [6.07, 6.45) is 0.901. The summed E-state index contributed by atoms with van der Waals surface area (Å²) in [5, 5.41) is 0. The summed E-state index contributed by atoms with van der Waals surface area (Å²) in [6.45, 7) is 0.672. The van der Waals surface area contributed by atoms with Gasteiger partial charge in [0.1, 0.15) is 5.75 Å². The van der Waals surface area contributed by atoms with Gasteiger partial charge in [-0.15, -0.1) is 0 Å². The number of hydrogen-bond acceptors (Lipinski definition) is 3. The molecule has 0 aromatic heterocycles. The van der Waals surface area contributed by atoms with Gasteiger partial charge in [-0.1, -0.05) is 12.1 Å². The SMILES string of the molecule is CN(C)c1ccc(CCOc2ccc(N)cc2)cc1. The van der Waals surface area contributed by atoms with Gasteiger partial charge in [0.15, 0.2) is 0 Å². The first-order chi connectivity index (χ1) is 9.15. The van der Waals surface area contributed by atoms with E-state index in [0.29, 0.717) is 6.61 Å². The van der Waals surface area contributed by atoms with E-state index in [1.807, 2.05) is 38.4 Å². The van der Waals surface area contributed by atoms with Gasteiger partial charge >= 0.3 is 0 Å². The maximum atomic E-state index is 5.68. The molecule has 0 aliphatic carbocycles. The highest BCUT2D eigenvalue weighted by atomic mass is 16.5. The first-order valence-corrected chi connectivity index (χ1v) is 6.40. The number of nitrogen functional groups attached to an aromatic ring is 1. The topological polar surface area (TPSA) is 38.5 Å². The summed E-state index contributed by atoms with van der Waals surface area (Å²) in [4.78, 5) is 2.09. The fraction of sp³-hybridized carbons (Fsp3) is 0.250. The van der Waals surface area contributed by atoms with Gasteiger partial charge < -0.3 is 15.4 Å². The van der Waals surface area contributed by atoms with Gasteiger partial charge in [0.25, 0.3) is 0 Å². The fourth-order valence-electron chi connectivity index (χ4n) is 1.81. The zero-order valence-electron chi connectivity index (χ0n) is 11.5. The van der Waals surface area contributed by atoms with Crippen LogP contribution in [-0.4, -0.2) is 20.7 Å². The second-order valence-corrected chi connectivity index (χ2v) is 4.73. The molecule has 0 unspecified atom stereocenters. The molecule has 3 heteroatoms. The van der Waals surface area contributed by atoms with Crippen molar-refractivity contribution in [2.45, 2.75) is 6.42 Å². The molecule has 2 N–H and O–H groups in total. The average Bonchev–Trinajstić information content (AvgIpc) is 2.41. The molecule has 0 aliphatic heterocycles. The molecular weight excluding hydrogens is 236 g/mol. The molecule has 0 spiro atoms. The lowest BCUT2D eigenvalue weighted by atomic mass is 10.1. The van der Waals surface area contributed by atoms with Gasteiger partial charge in [0, 0.05) is 31.9 Å². The van der Waals surface area contributed by atoms with Gasteiger partial charge in [-0.05, 0) is 42.0 Å². The summed E-state index contributed by atoms with van der Waals surface area (Å²) in [5.74, 6) is 0.860. The van der Waals surface area contributed by atoms with E-state index >= 15 is 0 Å². The highest BCUT2D eigenvalue weighted by Crippen LogP contribution is 2.15. The van der Waals surface area contributed by atoms with Crippen molar-refractivity contribution in [1.82, 2.24) is 0 Å². The standard InChI is InChI=1S/C16H20N2O/c1-18(2)15-7-3-13(4-8-15)11-12-19-16-9-5-14(17)6-10-16/h3-10H,11-12,17H2,1-2H3. The number of rotatable bonds is 5. The Kier molecular flexibility index (Phi) is 4.29. The smallest absolute Gasteiger partial charge is 0.119 e. The summed E-state index contributed by atoms with van der Waals surface area (Å²) in [6, 6.07) is 16.0. The predicted octanol–water partition coefficient (Wildman–Crippen LogP) is 2.96. The van der Waals surface area contributed by atoms with Crippen LogP contribution in [0.3, 0.4) is 0 Å². The van der Waals surface area contributed by atoms with Crippen molar-refractivity contribution in [2.24, 2.45) is 0 Å². The van der Waals surface area contributed by atoms with Crippen molar-refractivity contribution in [3.05, 3.63) is 54.1 Å². The fourth-order valence-corrected chi connectivity index (χ4v) is 1.81. The molecule has 19 heavy (non-hydrogen) atoms. The Hall–Kier alpha value is -2.16. The van der Waals surface area contributed by atoms with Crippen LogP contribution in [0.15, 0.2) is 48.5 Å². The Morgan fingerprint density at radius 1 is 0.947 bits per heavy atom. The highest BCUT2D eigenvalue weighted by molar-refractivity contribution is 5.46. The van der Waals surface area contributed by atoms with Crippen LogP contribution in [0.25, 0.3) is 0 Å². The molecule has 100 valence electrons. The highest BCUT2D eigenvalue weighted by Gasteiger charge is 1.98. The van der Waals surface area contributed by atoms with Gasteiger partial charge in [-0.25, -0.2) is 0 Å². The molecule has 0 amide bonds. The monoisotopic (exact) mass is 256 g/mol. The second-order valence-electron chi connectivity index (χ2n) is 4.73. The maximum absolute atomic E-state index is 5.68. The van der Waals surface area contributed by atoms with E-state index in [1.54, 1.807) is 0 Å². The minimum atomic E-state index is 0.672. The normalized spacial score (nSPS) is 10.2. The predicted molar refractivity (Wildman–Crippen MR) is 80.8 cm³/mol. The number of anilines is 2. The summed E-state index contributed by atoms with van der Waals surface area (Å²) >= 11 is 0. The van der Waals surface area contributed by atoms with Crippen LogP contribution in [0, 0.1) is 0 Å². The summed E-state index contributed by atoms with van der Waals surface area (Å²) < 4.78 is 5.68. The second kappa shape index (κ2) is 6.14. The molecule has 0 saturated heterocycles. The zero-order valence-corrected chi connectivity index (χ0v) is 11.5. The van der Waals surface area contributed by atoms with E-state index in [0.717, 1.165) is 17.9 Å². The van der Waals surface area contributed by atoms with Crippen LogP contribution in [0.2, 0.25) is 0 Å². The quantitative estimate of drug-likeness (QED) is 0.836. The van der Waals surface area contributed by atoms with Crippen LogP contribution in [0.1, 0.15) is 5.56 Å². The van der Waals surface area contributed by atoms with Gasteiger partial charge in [-0.3, -0.25) is 0 Å². The molecule has 0 bridgehead atoms.